The molecule has 0 saturated heterocycles. The number of carboxylic acid groups (broad SMARTS) is 1. The summed E-state index contributed by atoms with van der Waals surface area (Å²) in [5, 5.41) is 8.85. The zero-order valence-electron chi connectivity index (χ0n) is 13.3. The van der Waals surface area contributed by atoms with Crippen molar-refractivity contribution in [2.75, 3.05) is 6.54 Å². The third kappa shape index (κ3) is 5.58. The molecule has 1 amide bonds. The van der Waals surface area contributed by atoms with Gasteiger partial charge in [0.2, 0.25) is 5.91 Å². The predicted octanol–water partition coefficient (Wildman–Crippen LogP) is 3.21. The molecule has 0 radical (unpaired) electrons. The normalized spacial score (nSPS) is 11.0. The van der Waals surface area contributed by atoms with Gasteiger partial charge in [0.25, 0.3) is 0 Å². The van der Waals surface area contributed by atoms with E-state index in [1.165, 1.54) is 0 Å². The lowest BCUT2D eigenvalue weighted by Crippen LogP contribution is -2.39. The van der Waals surface area contributed by atoms with Crippen LogP contribution in [0.4, 0.5) is 0 Å². The minimum Gasteiger partial charge on any atom is -0.478 e. The number of aromatic carboxylic acids is 1. The van der Waals surface area contributed by atoms with Gasteiger partial charge in [-0.05, 0) is 43.9 Å². The minimum absolute atomic E-state index is 0.154. The number of carbonyl (C=O) groups is 2. The lowest BCUT2D eigenvalue weighted by atomic mass is 10.1. The second-order valence-electron chi connectivity index (χ2n) is 6.04. The highest BCUT2D eigenvalue weighted by Gasteiger charge is 2.17. The van der Waals surface area contributed by atoms with Crippen LogP contribution in [0.3, 0.4) is 0 Å². The van der Waals surface area contributed by atoms with E-state index in [1.807, 2.05) is 18.7 Å². The highest BCUT2D eigenvalue weighted by atomic mass is 16.4. The molecule has 0 fully saturated rings. The molecule has 1 aromatic rings. The fraction of sp³-hybridized carbons (Fsp3) is 0.529. The van der Waals surface area contributed by atoms with Crippen LogP contribution >= 0.6 is 0 Å². The van der Waals surface area contributed by atoms with Gasteiger partial charge in [0.15, 0.2) is 0 Å². The molecule has 0 unspecified atom stereocenters. The van der Waals surface area contributed by atoms with Crippen molar-refractivity contribution in [1.29, 1.82) is 0 Å². The van der Waals surface area contributed by atoms with Crippen molar-refractivity contribution in [1.82, 2.24) is 4.90 Å². The Morgan fingerprint density at radius 3 is 2.10 bits per heavy atom. The summed E-state index contributed by atoms with van der Waals surface area (Å²) in [4.78, 5) is 25.0. The van der Waals surface area contributed by atoms with Gasteiger partial charge in [-0.3, -0.25) is 4.79 Å². The second kappa shape index (κ2) is 7.81. The summed E-state index contributed by atoms with van der Waals surface area (Å²) in [5.74, 6) is -0.326. The molecule has 0 bridgehead atoms. The fourth-order valence-corrected chi connectivity index (χ4v) is 2.20. The maximum atomic E-state index is 12.3. The van der Waals surface area contributed by atoms with Crippen LogP contribution < -0.4 is 0 Å². The molecule has 1 aromatic carbocycles. The Morgan fingerprint density at radius 1 is 1.10 bits per heavy atom. The summed E-state index contributed by atoms with van der Waals surface area (Å²) in [6.45, 7) is 9.04. The van der Waals surface area contributed by atoms with Crippen molar-refractivity contribution < 1.29 is 14.7 Å². The number of nitrogens with zero attached hydrogens (tertiary/aromatic N) is 1. The van der Waals surface area contributed by atoms with E-state index in [0.717, 1.165) is 12.1 Å². The van der Waals surface area contributed by atoms with Gasteiger partial charge in [0.05, 0.1) is 5.56 Å². The molecule has 0 saturated carbocycles. The van der Waals surface area contributed by atoms with E-state index in [0.29, 0.717) is 18.8 Å². The predicted molar refractivity (Wildman–Crippen MR) is 83.4 cm³/mol. The average Bonchev–Trinajstić information content (AvgIpc) is 2.42. The van der Waals surface area contributed by atoms with Crippen LogP contribution in [0.2, 0.25) is 0 Å². The Balaban J connectivity index is 2.60. The van der Waals surface area contributed by atoms with E-state index in [-0.39, 0.29) is 17.5 Å². The number of hydrogen-bond acceptors (Lipinski definition) is 2. The molecule has 0 aliphatic heterocycles. The van der Waals surface area contributed by atoms with Crippen LogP contribution in [0.5, 0.6) is 0 Å². The van der Waals surface area contributed by atoms with Crippen LogP contribution in [0.25, 0.3) is 0 Å². The van der Waals surface area contributed by atoms with Crippen molar-refractivity contribution in [2.45, 2.75) is 46.6 Å². The minimum atomic E-state index is -0.930. The molecule has 0 atom stereocenters. The van der Waals surface area contributed by atoms with Gasteiger partial charge in [-0.25, -0.2) is 4.79 Å². The zero-order valence-corrected chi connectivity index (χ0v) is 13.3. The largest absolute Gasteiger partial charge is 0.478 e. The molecule has 1 N–H and O–H groups in total. The number of aryl methyl sites for hydroxylation is 1. The molecule has 4 nitrogen and oxygen atoms in total. The SMILES string of the molecule is CC(C)CN(C(=O)CCc1ccc(C(=O)O)cc1)C(C)C. The van der Waals surface area contributed by atoms with Gasteiger partial charge in [-0.2, -0.15) is 0 Å². The van der Waals surface area contributed by atoms with Crippen molar-refractivity contribution in [2.24, 2.45) is 5.92 Å². The molecule has 0 aromatic heterocycles. The number of amides is 1. The third-order valence-corrected chi connectivity index (χ3v) is 3.33. The summed E-state index contributed by atoms with van der Waals surface area (Å²) in [7, 11) is 0. The van der Waals surface area contributed by atoms with Crippen molar-refractivity contribution in [3.05, 3.63) is 35.4 Å². The maximum Gasteiger partial charge on any atom is 0.335 e. The quantitative estimate of drug-likeness (QED) is 0.839. The molecule has 21 heavy (non-hydrogen) atoms. The van der Waals surface area contributed by atoms with Crippen molar-refractivity contribution in [3.8, 4) is 0 Å². The lowest BCUT2D eigenvalue weighted by Gasteiger charge is -2.28. The van der Waals surface area contributed by atoms with Crippen molar-refractivity contribution in [3.63, 3.8) is 0 Å². The van der Waals surface area contributed by atoms with Crippen molar-refractivity contribution >= 4 is 11.9 Å². The van der Waals surface area contributed by atoms with E-state index in [4.69, 9.17) is 5.11 Å². The first-order valence-corrected chi connectivity index (χ1v) is 7.43. The summed E-state index contributed by atoms with van der Waals surface area (Å²) < 4.78 is 0. The van der Waals surface area contributed by atoms with E-state index < -0.39 is 5.97 Å². The van der Waals surface area contributed by atoms with Gasteiger partial charge in [0, 0.05) is 19.0 Å². The molecular weight excluding hydrogens is 266 g/mol. The fourth-order valence-electron chi connectivity index (χ4n) is 2.20. The second-order valence-corrected chi connectivity index (χ2v) is 6.04. The highest BCUT2D eigenvalue weighted by molar-refractivity contribution is 5.87. The zero-order chi connectivity index (χ0) is 16.0. The molecule has 116 valence electrons. The Hall–Kier alpha value is -1.84. The van der Waals surface area contributed by atoms with Gasteiger partial charge in [0.1, 0.15) is 0 Å². The molecule has 0 spiro atoms. The monoisotopic (exact) mass is 291 g/mol. The van der Waals surface area contributed by atoms with Gasteiger partial charge >= 0.3 is 5.97 Å². The first-order chi connectivity index (χ1) is 9.81. The summed E-state index contributed by atoms with van der Waals surface area (Å²) in [6, 6.07) is 6.92. The molecule has 4 heteroatoms. The lowest BCUT2D eigenvalue weighted by molar-refractivity contribution is -0.133. The number of rotatable bonds is 7. The summed E-state index contributed by atoms with van der Waals surface area (Å²) in [6.07, 6.45) is 1.09. The van der Waals surface area contributed by atoms with Crippen LogP contribution in [-0.4, -0.2) is 34.5 Å². The Bertz CT molecular complexity index is 477. The van der Waals surface area contributed by atoms with E-state index in [9.17, 15) is 9.59 Å². The molecule has 0 aliphatic carbocycles. The maximum absolute atomic E-state index is 12.3. The van der Waals surface area contributed by atoms with Gasteiger partial charge < -0.3 is 10.0 Å². The standard InChI is InChI=1S/C17H25NO3/c1-12(2)11-18(13(3)4)16(19)10-7-14-5-8-15(9-6-14)17(20)21/h5-6,8-9,12-13H,7,10-11H2,1-4H3,(H,20,21). The number of carbonyl (C=O) groups excluding carboxylic acids is 1. The number of hydrogen-bond donors (Lipinski definition) is 1. The van der Waals surface area contributed by atoms with E-state index in [1.54, 1.807) is 24.3 Å². The van der Waals surface area contributed by atoms with Crippen LogP contribution in [-0.2, 0) is 11.2 Å². The summed E-state index contributed by atoms with van der Waals surface area (Å²) in [5.41, 5.74) is 1.26. The first kappa shape index (κ1) is 17.2. The number of carboxylic acids is 1. The molecule has 0 heterocycles. The number of benzene rings is 1. The van der Waals surface area contributed by atoms with Crippen LogP contribution in [0.1, 0.15) is 50.0 Å². The molecular formula is C17H25NO3. The summed E-state index contributed by atoms with van der Waals surface area (Å²) >= 11 is 0. The third-order valence-electron chi connectivity index (χ3n) is 3.33. The van der Waals surface area contributed by atoms with Crippen LogP contribution in [0.15, 0.2) is 24.3 Å². The Morgan fingerprint density at radius 2 is 1.67 bits per heavy atom. The molecule has 0 aliphatic rings. The smallest absolute Gasteiger partial charge is 0.335 e. The Labute approximate surface area is 126 Å². The van der Waals surface area contributed by atoms with Gasteiger partial charge in [-0.1, -0.05) is 26.0 Å². The van der Waals surface area contributed by atoms with E-state index >= 15 is 0 Å². The Kier molecular flexibility index (Phi) is 6.40. The molecule has 1 rings (SSSR count). The highest BCUT2D eigenvalue weighted by Crippen LogP contribution is 2.11. The average molecular weight is 291 g/mol. The van der Waals surface area contributed by atoms with Crippen LogP contribution in [0, 0.1) is 5.92 Å². The topological polar surface area (TPSA) is 57.6 Å². The first-order valence-electron chi connectivity index (χ1n) is 7.43. The van der Waals surface area contributed by atoms with Gasteiger partial charge in [-0.15, -0.1) is 0 Å². The van der Waals surface area contributed by atoms with E-state index in [2.05, 4.69) is 13.8 Å².